The van der Waals surface area contributed by atoms with E-state index >= 15 is 0 Å². The molecule has 2 rings (SSSR count). The van der Waals surface area contributed by atoms with Gasteiger partial charge in [-0.25, -0.2) is 0 Å². The fraction of sp³-hybridized carbons (Fsp3) is 0.438. The van der Waals surface area contributed by atoms with Crippen LogP contribution in [0.2, 0.25) is 0 Å². The van der Waals surface area contributed by atoms with Gasteiger partial charge in [0.1, 0.15) is 0 Å². The number of aryl methyl sites for hydroxylation is 1. The van der Waals surface area contributed by atoms with Gasteiger partial charge < -0.3 is 11.1 Å². The number of nitrogens with two attached hydrogens (primary N) is 1. The van der Waals surface area contributed by atoms with Gasteiger partial charge in [0.05, 0.1) is 6.54 Å². The predicted octanol–water partition coefficient (Wildman–Crippen LogP) is 1.83. The van der Waals surface area contributed by atoms with Crippen molar-refractivity contribution < 1.29 is 4.79 Å². The molecule has 1 aliphatic rings. The van der Waals surface area contributed by atoms with Gasteiger partial charge >= 0.3 is 0 Å². The molecule has 0 unspecified atom stereocenters. The molecule has 0 spiro atoms. The Kier molecular flexibility index (Phi) is 4.24. The summed E-state index contributed by atoms with van der Waals surface area (Å²) in [6.45, 7) is 4.50. The Balaban J connectivity index is 2.10. The summed E-state index contributed by atoms with van der Waals surface area (Å²) in [6.07, 6.45) is 2.16. The van der Waals surface area contributed by atoms with E-state index in [2.05, 4.69) is 24.1 Å². The smallest absolute Gasteiger partial charge is 0.251 e. The molecule has 0 radical (unpaired) electrons. The highest BCUT2D eigenvalue weighted by molar-refractivity contribution is 5.95. The first-order chi connectivity index (χ1) is 9.08. The number of carbonyl (C=O) groups is 1. The monoisotopic (exact) mass is 256 g/mol. The van der Waals surface area contributed by atoms with Crippen molar-refractivity contribution >= 4 is 5.91 Å². The number of nitrogens with one attached hydrogen (secondary N) is 1. The minimum Gasteiger partial charge on any atom is -0.349 e. The van der Waals surface area contributed by atoms with Gasteiger partial charge in [0.25, 0.3) is 5.91 Å². The number of amides is 1. The fourth-order valence-electron chi connectivity index (χ4n) is 2.43. The Labute approximate surface area is 114 Å². The van der Waals surface area contributed by atoms with Crippen molar-refractivity contribution in [3.8, 4) is 11.8 Å². The Morgan fingerprint density at radius 3 is 2.79 bits per heavy atom. The highest BCUT2D eigenvalue weighted by Gasteiger charge is 2.26. The molecule has 0 aliphatic heterocycles. The van der Waals surface area contributed by atoms with Crippen molar-refractivity contribution in [2.75, 3.05) is 6.54 Å². The third-order valence-corrected chi connectivity index (χ3v) is 3.38. The molecule has 1 amide bonds. The normalized spacial score (nSPS) is 21.0. The fourth-order valence-corrected chi connectivity index (χ4v) is 2.43. The van der Waals surface area contributed by atoms with Crippen LogP contribution in [0.1, 0.15) is 41.3 Å². The zero-order valence-corrected chi connectivity index (χ0v) is 11.5. The van der Waals surface area contributed by atoms with Crippen LogP contribution in [0.25, 0.3) is 0 Å². The molecule has 100 valence electrons. The topological polar surface area (TPSA) is 55.1 Å². The second-order valence-electron chi connectivity index (χ2n) is 5.34. The molecule has 3 N–H and O–H groups in total. The molecule has 1 aromatic carbocycles. The Morgan fingerprint density at radius 2 is 2.16 bits per heavy atom. The van der Waals surface area contributed by atoms with E-state index in [9.17, 15) is 4.79 Å². The summed E-state index contributed by atoms with van der Waals surface area (Å²) in [5, 5.41) is 3.06. The van der Waals surface area contributed by atoms with E-state index in [0.717, 1.165) is 29.9 Å². The van der Waals surface area contributed by atoms with Gasteiger partial charge in [0, 0.05) is 17.2 Å². The lowest BCUT2D eigenvalue weighted by atomic mass is 9.82. The van der Waals surface area contributed by atoms with Crippen LogP contribution in [0.5, 0.6) is 0 Å². The zero-order chi connectivity index (χ0) is 13.8. The van der Waals surface area contributed by atoms with E-state index in [4.69, 9.17) is 5.73 Å². The minimum absolute atomic E-state index is 0.00333. The number of benzene rings is 1. The van der Waals surface area contributed by atoms with Crippen LogP contribution in [0.15, 0.2) is 18.2 Å². The molecule has 0 bridgehead atoms. The lowest BCUT2D eigenvalue weighted by molar-refractivity contribution is 0.0896. The maximum atomic E-state index is 12.1. The first-order valence-electron chi connectivity index (χ1n) is 6.70. The summed E-state index contributed by atoms with van der Waals surface area (Å²) in [7, 11) is 0. The first-order valence-corrected chi connectivity index (χ1v) is 6.70. The van der Waals surface area contributed by atoms with Gasteiger partial charge in [0.15, 0.2) is 0 Å². The van der Waals surface area contributed by atoms with Crippen LogP contribution in [0.3, 0.4) is 0 Å². The maximum Gasteiger partial charge on any atom is 0.251 e. The summed E-state index contributed by atoms with van der Waals surface area (Å²) in [5.74, 6) is 6.51. The summed E-state index contributed by atoms with van der Waals surface area (Å²) in [6, 6.07) is 6.02. The van der Waals surface area contributed by atoms with Crippen LogP contribution < -0.4 is 11.1 Å². The predicted molar refractivity (Wildman–Crippen MR) is 76.8 cm³/mol. The summed E-state index contributed by atoms with van der Waals surface area (Å²) >= 11 is 0. The summed E-state index contributed by atoms with van der Waals surface area (Å²) in [5.41, 5.74) is 7.93. The Hall–Kier alpha value is -1.79. The zero-order valence-electron chi connectivity index (χ0n) is 11.5. The number of carbonyl (C=O) groups excluding carboxylic acids is 1. The number of hydrogen-bond donors (Lipinski definition) is 2. The molecule has 1 aromatic rings. The second-order valence-corrected chi connectivity index (χ2v) is 5.34. The molecule has 0 saturated heterocycles. The highest BCUT2D eigenvalue weighted by Crippen LogP contribution is 2.26. The standard InChI is InChI=1S/C16H20N2O/c1-11-6-13(4-3-5-17)10-14(7-11)16(19)18-15-8-12(2)9-15/h6-7,10,12,15H,5,8-9,17H2,1-2H3,(H,18,19). The van der Waals surface area contributed by atoms with Crippen molar-refractivity contribution in [2.24, 2.45) is 11.7 Å². The molecule has 3 nitrogen and oxygen atoms in total. The molecule has 3 heteroatoms. The van der Waals surface area contributed by atoms with Crippen LogP contribution >= 0.6 is 0 Å². The van der Waals surface area contributed by atoms with Gasteiger partial charge in [-0.1, -0.05) is 18.8 Å². The van der Waals surface area contributed by atoms with Crippen molar-refractivity contribution in [3.63, 3.8) is 0 Å². The molecule has 1 saturated carbocycles. The van der Waals surface area contributed by atoms with Gasteiger partial charge in [-0.3, -0.25) is 4.79 Å². The highest BCUT2D eigenvalue weighted by atomic mass is 16.1. The SMILES string of the molecule is Cc1cc(C#CCN)cc(C(=O)NC2CC(C)C2)c1. The Morgan fingerprint density at radius 1 is 1.42 bits per heavy atom. The molecular weight excluding hydrogens is 236 g/mol. The van der Waals surface area contributed by atoms with Gasteiger partial charge in [-0.15, -0.1) is 0 Å². The van der Waals surface area contributed by atoms with E-state index in [0.29, 0.717) is 18.2 Å². The van der Waals surface area contributed by atoms with Crippen LogP contribution in [-0.4, -0.2) is 18.5 Å². The quantitative estimate of drug-likeness (QED) is 0.793. The molecule has 0 atom stereocenters. The largest absolute Gasteiger partial charge is 0.349 e. The molecule has 19 heavy (non-hydrogen) atoms. The third-order valence-electron chi connectivity index (χ3n) is 3.38. The molecule has 1 fully saturated rings. The van der Waals surface area contributed by atoms with E-state index in [1.807, 2.05) is 25.1 Å². The summed E-state index contributed by atoms with van der Waals surface area (Å²) < 4.78 is 0. The lowest BCUT2D eigenvalue weighted by Crippen LogP contribution is -2.43. The number of rotatable bonds is 2. The average Bonchev–Trinajstić information content (AvgIpc) is 2.33. The van der Waals surface area contributed by atoms with Crippen LogP contribution in [0, 0.1) is 24.7 Å². The molecule has 0 aromatic heterocycles. The molecule has 1 aliphatic carbocycles. The average molecular weight is 256 g/mol. The number of hydrogen-bond acceptors (Lipinski definition) is 2. The van der Waals surface area contributed by atoms with E-state index in [1.54, 1.807) is 0 Å². The third kappa shape index (κ3) is 3.59. The van der Waals surface area contributed by atoms with Crippen molar-refractivity contribution in [1.29, 1.82) is 0 Å². The van der Waals surface area contributed by atoms with Gasteiger partial charge in [-0.05, 0) is 49.4 Å². The van der Waals surface area contributed by atoms with E-state index in [-0.39, 0.29) is 5.91 Å². The molecule has 0 heterocycles. The lowest BCUT2D eigenvalue weighted by Gasteiger charge is -2.33. The van der Waals surface area contributed by atoms with E-state index < -0.39 is 0 Å². The van der Waals surface area contributed by atoms with Gasteiger partial charge in [-0.2, -0.15) is 0 Å². The first kappa shape index (κ1) is 13.6. The van der Waals surface area contributed by atoms with Crippen molar-refractivity contribution in [1.82, 2.24) is 5.32 Å². The van der Waals surface area contributed by atoms with Crippen molar-refractivity contribution in [3.05, 3.63) is 34.9 Å². The Bertz CT molecular complexity index is 533. The summed E-state index contributed by atoms with van der Waals surface area (Å²) in [4.78, 5) is 12.1. The van der Waals surface area contributed by atoms with E-state index in [1.165, 1.54) is 0 Å². The van der Waals surface area contributed by atoms with Crippen molar-refractivity contribution in [2.45, 2.75) is 32.7 Å². The van der Waals surface area contributed by atoms with Crippen LogP contribution in [0.4, 0.5) is 0 Å². The second kappa shape index (κ2) is 5.90. The maximum absolute atomic E-state index is 12.1. The minimum atomic E-state index is -0.00333. The van der Waals surface area contributed by atoms with Gasteiger partial charge in [0.2, 0.25) is 0 Å². The molecular formula is C16H20N2O. The van der Waals surface area contributed by atoms with Crippen LogP contribution in [-0.2, 0) is 0 Å².